The topological polar surface area (TPSA) is 86.1 Å². The molecule has 2 aromatic carbocycles. The van der Waals surface area contributed by atoms with Gasteiger partial charge in [-0.25, -0.2) is 4.79 Å². The quantitative estimate of drug-likeness (QED) is 0.206. The number of likely N-dealkylation sites (tertiary alicyclic amines) is 1. The van der Waals surface area contributed by atoms with Crippen molar-refractivity contribution in [1.29, 1.82) is 0 Å². The maximum atomic E-state index is 15.0. The highest BCUT2D eigenvalue weighted by molar-refractivity contribution is 6.01. The van der Waals surface area contributed by atoms with Crippen molar-refractivity contribution in [2.24, 2.45) is 11.8 Å². The lowest BCUT2D eigenvalue weighted by molar-refractivity contribution is -0.143. The Balaban J connectivity index is 1.13. The third kappa shape index (κ3) is 7.37. The van der Waals surface area contributed by atoms with Crippen LogP contribution in [0.5, 0.6) is 5.75 Å². The Morgan fingerprint density at radius 2 is 1.69 bits per heavy atom. The van der Waals surface area contributed by atoms with Gasteiger partial charge in [0.1, 0.15) is 5.75 Å². The van der Waals surface area contributed by atoms with Crippen LogP contribution in [0, 0.1) is 18.8 Å². The molecule has 0 radical (unpaired) electrons. The fraction of sp³-hybridized carbons (Fsp3) is 0.575. The lowest BCUT2D eigenvalue weighted by atomic mass is 9.77. The smallest absolute Gasteiger partial charge is 0.410 e. The SMILES string of the molecule is COCC1CN(C(=O)OC2(C(=O)N(C[C@H]3CC[C@H](c4ccc(OC)c(C)c4)CC3)c3cccc(-c4cnn(C5CC5)c4)c3)CCCCC2)C1. The molecule has 4 fully saturated rings. The number of hydrogen-bond donors (Lipinski definition) is 0. The number of nitrogens with zero attached hydrogens (tertiary/aromatic N) is 4. The van der Waals surface area contributed by atoms with E-state index in [9.17, 15) is 4.79 Å². The molecule has 3 aromatic rings. The van der Waals surface area contributed by atoms with Gasteiger partial charge in [-0.1, -0.05) is 30.7 Å². The van der Waals surface area contributed by atoms with Crippen LogP contribution < -0.4 is 9.64 Å². The number of methoxy groups -OCH3 is 2. The molecule has 9 nitrogen and oxygen atoms in total. The van der Waals surface area contributed by atoms with Gasteiger partial charge in [-0.05, 0) is 118 Å². The summed E-state index contributed by atoms with van der Waals surface area (Å²) in [6.45, 7) is 4.55. The molecule has 0 bridgehead atoms. The highest BCUT2D eigenvalue weighted by Crippen LogP contribution is 2.41. The summed E-state index contributed by atoms with van der Waals surface area (Å²) >= 11 is 0. The summed E-state index contributed by atoms with van der Waals surface area (Å²) < 4.78 is 19.2. The summed E-state index contributed by atoms with van der Waals surface area (Å²) in [5.41, 5.74) is 4.34. The second-order valence-electron chi connectivity index (χ2n) is 15.0. The minimum absolute atomic E-state index is 0.0757. The number of carbonyl (C=O) groups excluding carboxylic acids is 2. The molecular weight excluding hydrogens is 616 g/mol. The number of rotatable bonds is 11. The third-order valence-electron chi connectivity index (χ3n) is 11.4. The molecular formula is C40H52N4O5. The van der Waals surface area contributed by atoms with Crippen LogP contribution in [0.4, 0.5) is 10.5 Å². The summed E-state index contributed by atoms with van der Waals surface area (Å²) in [5.74, 6) is 2.02. The molecule has 7 rings (SSSR count). The van der Waals surface area contributed by atoms with Crippen molar-refractivity contribution in [3.8, 4) is 16.9 Å². The number of hydrogen-bond acceptors (Lipinski definition) is 6. The molecule has 4 aliphatic rings. The molecule has 0 unspecified atom stereocenters. The van der Waals surface area contributed by atoms with Crippen molar-refractivity contribution >= 4 is 17.7 Å². The molecule has 3 aliphatic carbocycles. The number of amides is 2. The standard InChI is InChI=1S/C40H52N4O5/c1-28-20-33(14-17-37(28)48-3)31-12-10-29(11-13-31)25-43(36-9-7-8-32(21-36)34-22-41-44(26-34)35-15-16-35)38(45)40(18-5-4-6-19-40)49-39(46)42-23-30(24-42)27-47-2/h7-9,14,17,20-22,26,29-31,35H,4-6,10-13,15-16,18-19,23-25,27H2,1-3H3/t29-,31-. The van der Waals surface area contributed by atoms with E-state index < -0.39 is 5.60 Å². The molecule has 2 heterocycles. The first-order chi connectivity index (χ1) is 23.9. The Labute approximate surface area is 290 Å². The van der Waals surface area contributed by atoms with E-state index in [4.69, 9.17) is 14.2 Å². The van der Waals surface area contributed by atoms with Crippen LogP contribution in [-0.2, 0) is 14.3 Å². The number of anilines is 1. The van der Waals surface area contributed by atoms with E-state index in [0.29, 0.717) is 62.9 Å². The van der Waals surface area contributed by atoms with E-state index in [1.807, 2.05) is 23.2 Å². The van der Waals surface area contributed by atoms with Crippen molar-refractivity contribution in [3.63, 3.8) is 0 Å². The van der Waals surface area contributed by atoms with Crippen molar-refractivity contribution in [3.05, 3.63) is 66.0 Å². The highest BCUT2D eigenvalue weighted by Gasteiger charge is 2.48. The third-order valence-corrected chi connectivity index (χ3v) is 11.4. The van der Waals surface area contributed by atoms with E-state index in [1.165, 1.54) is 24.0 Å². The number of aryl methyl sites for hydroxylation is 1. The average molecular weight is 669 g/mol. The van der Waals surface area contributed by atoms with Gasteiger partial charge in [-0.2, -0.15) is 5.10 Å². The van der Waals surface area contributed by atoms with Crippen LogP contribution in [0.2, 0.25) is 0 Å². The Morgan fingerprint density at radius 3 is 2.39 bits per heavy atom. The first-order valence-corrected chi connectivity index (χ1v) is 18.4. The highest BCUT2D eigenvalue weighted by atomic mass is 16.6. The zero-order chi connectivity index (χ0) is 34.0. The molecule has 0 atom stereocenters. The van der Waals surface area contributed by atoms with Gasteiger partial charge in [0.25, 0.3) is 5.91 Å². The van der Waals surface area contributed by atoms with E-state index in [1.54, 1.807) is 19.1 Å². The second kappa shape index (κ2) is 14.6. The van der Waals surface area contributed by atoms with E-state index >= 15 is 4.79 Å². The van der Waals surface area contributed by atoms with Crippen molar-refractivity contribution < 1.29 is 23.8 Å². The summed E-state index contributed by atoms with van der Waals surface area (Å²) in [5, 5.41) is 4.63. The van der Waals surface area contributed by atoms with Crippen LogP contribution >= 0.6 is 0 Å². The predicted molar refractivity (Wildman–Crippen MR) is 190 cm³/mol. The summed E-state index contributed by atoms with van der Waals surface area (Å²) in [4.78, 5) is 32.2. The molecule has 0 spiro atoms. The Bertz CT molecular complexity index is 1610. The Kier molecular flexibility index (Phi) is 9.99. The summed E-state index contributed by atoms with van der Waals surface area (Å²) in [6, 6.07) is 15.4. The van der Waals surface area contributed by atoms with Crippen LogP contribution in [0.1, 0.15) is 93.7 Å². The fourth-order valence-corrected chi connectivity index (χ4v) is 8.30. The molecule has 262 valence electrons. The second-order valence-corrected chi connectivity index (χ2v) is 15.0. The predicted octanol–water partition coefficient (Wildman–Crippen LogP) is 7.93. The monoisotopic (exact) mass is 668 g/mol. The van der Waals surface area contributed by atoms with Crippen molar-refractivity contribution in [2.75, 3.05) is 45.4 Å². The fourth-order valence-electron chi connectivity index (χ4n) is 8.30. The van der Waals surface area contributed by atoms with Crippen molar-refractivity contribution in [2.45, 2.75) is 95.1 Å². The first-order valence-electron chi connectivity index (χ1n) is 18.4. The molecule has 9 heteroatoms. The average Bonchev–Trinajstić information content (AvgIpc) is 3.84. The van der Waals surface area contributed by atoms with Crippen LogP contribution in [-0.4, -0.2) is 72.7 Å². The van der Waals surface area contributed by atoms with Gasteiger partial charge in [0.15, 0.2) is 5.60 Å². The van der Waals surface area contributed by atoms with E-state index in [2.05, 4.69) is 53.2 Å². The maximum absolute atomic E-state index is 15.0. The molecule has 49 heavy (non-hydrogen) atoms. The zero-order valence-electron chi connectivity index (χ0n) is 29.4. The van der Waals surface area contributed by atoms with Gasteiger partial charge < -0.3 is 24.0 Å². The van der Waals surface area contributed by atoms with Crippen molar-refractivity contribution in [1.82, 2.24) is 14.7 Å². The summed E-state index contributed by atoms with van der Waals surface area (Å²) in [6.07, 6.45) is 14.2. The van der Waals surface area contributed by atoms with E-state index in [-0.39, 0.29) is 12.0 Å². The minimum Gasteiger partial charge on any atom is -0.496 e. The van der Waals surface area contributed by atoms with Gasteiger partial charge in [-0.15, -0.1) is 0 Å². The lowest BCUT2D eigenvalue weighted by Gasteiger charge is -2.44. The van der Waals surface area contributed by atoms with Gasteiger partial charge in [0.2, 0.25) is 0 Å². The van der Waals surface area contributed by atoms with Gasteiger partial charge in [0.05, 0.1) is 26.0 Å². The van der Waals surface area contributed by atoms with Gasteiger partial charge in [-0.3, -0.25) is 9.48 Å². The molecule has 1 aliphatic heterocycles. The molecule has 2 amide bonds. The minimum atomic E-state index is -1.16. The Morgan fingerprint density at radius 1 is 0.918 bits per heavy atom. The van der Waals surface area contributed by atoms with Crippen LogP contribution in [0.15, 0.2) is 54.9 Å². The molecule has 0 N–H and O–H groups in total. The van der Waals surface area contributed by atoms with Gasteiger partial charge in [0, 0.05) is 50.1 Å². The zero-order valence-corrected chi connectivity index (χ0v) is 29.4. The van der Waals surface area contributed by atoms with Crippen LogP contribution in [0.25, 0.3) is 11.1 Å². The molecule has 1 saturated heterocycles. The molecule has 3 saturated carbocycles. The van der Waals surface area contributed by atoms with Gasteiger partial charge >= 0.3 is 6.09 Å². The lowest BCUT2D eigenvalue weighted by Crippen LogP contribution is -2.58. The first kappa shape index (κ1) is 33.6. The number of ether oxygens (including phenoxy) is 3. The summed E-state index contributed by atoms with van der Waals surface area (Å²) in [7, 11) is 3.41. The molecule has 1 aromatic heterocycles. The van der Waals surface area contributed by atoms with E-state index in [0.717, 1.165) is 67.5 Å². The Hall–Kier alpha value is -3.85. The largest absolute Gasteiger partial charge is 0.496 e. The number of benzene rings is 2. The number of carbonyl (C=O) groups is 2. The number of aromatic nitrogens is 2. The normalized spacial score (nSPS) is 22.3. The van der Waals surface area contributed by atoms with Crippen LogP contribution in [0.3, 0.4) is 0 Å². The maximum Gasteiger partial charge on any atom is 0.410 e.